The first-order valence-corrected chi connectivity index (χ1v) is 9.88. The fourth-order valence-corrected chi connectivity index (χ4v) is 3.47. The molecule has 9 heteroatoms. The summed E-state index contributed by atoms with van der Waals surface area (Å²) < 4.78 is 16.8. The van der Waals surface area contributed by atoms with Crippen LogP contribution in [0.1, 0.15) is 5.56 Å². The molecule has 0 atom stereocenters. The smallest absolute Gasteiger partial charge is 0.250 e. The van der Waals surface area contributed by atoms with E-state index in [9.17, 15) is 9.18 Å². The van der Waals surface area contributed by atoms with Crippen LogP contribution in [-0.2, 0) is 13.6 Å². The lowest BCUT2D eigenvalue weighted by Gasteiger charge is -2.09. The number of hydrogen-bond acceptors (Lipinski definition) is 6. The zero-order valence-corrected chi connectivity index (χ0v) is 17.1. The number of nitrogens with one attached hydrogen (secondary N) is 1. The van der Waals surface area contributed by atoms with Crippen molar-refractivity contribution in [3.63, 3.8) is 0 Å². The zero-order valence-electron chi connectivity index (χ0n) is 17.1. The van der Waals surface area contributed by atoms with Crippen LogP contribution in [0.2, 0.25) is 0 Å². The summed E-state index contributed by atoms with van der Waals surface area (Å²) in [7, 11) is 1.71. The van der Waals surface area contributed by atoms with Crippen LogP contribution < -0.4 is 10.9 Å². The molecule has 0 aliphatic carbocycles. The van der Waals surface area contributed by atoms with Gasteiger partial charge in [-0.2, -0.15) is 5.10 Å². The third-order valence-corrected chi connectivity index (χ3v) is 5.12. The summed E-state index contributed by atoms with van der Waals surface area (Å²) in [5, 5.41) is 7.61. The highest BCUT2D eigenvalue weighted by Gasteiger charge is 2.11. The number of anilines is 1. The Kier molecular flexibility index (Phi) is 4.91. The van der Waals surface area contributed by atoms with Gasteiger partial charge in [0.05, 0.1) is 17.6 Å². The van der Waals surface area contributed by atoms with E-state index in [1.807, 2.05) is 24.3 Å². The molecule has 0 fully saturated rings. The van der Waals surface area contributed by atoms with Crippen molar-refractivity contribution < 1.29 is 4.39 Å². The average molecular weight is 427 g/mol. The van der Waals surface area contributed by atoms with E-state index in [0.717, 1.165) is 28.0 Å². The van der Waals surface area contributed by atoms with Gasteiger partial charge in [-0.05, 0) is 35.9 Å². The number of nitrogens with zero attached hydrogens (tertiary/aromatic N) is 6. The quantitative estimate of drug-likeness (QED) is 0.463. The summed E-state index contributed by atoms with van der Waals surface area (Å²) in [5.41, 5.74) is 4.69. The molecule has 0 saturated carbocycles. The maximum absolute atomic E-state index is 13.6. The highest BCUT2D eigenvalue weighted by molar-refractivity contribution is 5.74. The van der Waals surface area contributed by atoms with Crippen LogP contribution in [0.5, 0.6) is 0 Å². The fourth-order valence-electron chi connectivity index (χ4n) is 3.47. The molecule has 0 saturated heterocycles. The predicted octanol–water partition coefficient (Wildman–Crippen LogP) is 3.30. The number of rotatable bonds is 5. The van der Waals surface area contributed by atoms with Gasteiger partial charge in [0.15, 0.2) is 5.82 Å². The van der Waals surface area contributed by atoms with Gasteiger partial charge >= 0.3 is 0 Å². The summed E-state index contributed by atoms with van der Waals surface area (Å²) in [6.07, 6.45) is 7.76. The number of pyridine rings is 3. The van der Waals surface area contributed by atoms with Crippen molar-refractivity contribution in [3.8, 4) is 22.5 Å². The van der Waals surface area contributed by atoms with Gasteiger partial charge < -0.3 is 9.88 Å². The van der Waals surface area contributed by atoms with E-state index in [0.29, 0.717) is 17.9 Å². The first kappa shape index (κ1) is 19.6. The van der Waals surface area contributed by atoms with Crippen LogP contribution in [0.3, 0.4) is 0 Å². The molecule has 0 amide bonds. The van der Waals surface area contributed by atoms with Crippen LogP contribution in [0.4, 0.5) is 10.2 Å². The monoisotopic (exact) mass is 427 g/mol. The first-order chi connectivity index (χ1) is 15.6. The first-order valence-electron chi connectivity index (χ1n) is 9.88. The summed E-state index contributed by atoms with van der Waals surface area (Å²) in [6, 6.07) is 12.3. The second kappa shape index (κ2) is 8.03. The molecule has 0 bridgehead atoms. The summed E-state index contributed by atoms with van der Waals surface area (Å²) >= 11 is 0. The third-order valence-electron chi connectivity index (χ3n) is 5.12. The molecule has 1 N–H and O–H groups in total. The summed E-state index contributed by atoms with van der Waals surface area (Å²) in [6.45, 7) is 0.509. The lowest BCUT2D eigenvalue weighted by molar-refractivity contribution is 0.622. The predicted molar refractivity (Wildman–Crippen MR) is 118 cm³/mol. The topological polar surface area (TPSA) is 90.0 Å². The van der Waals surface area contributed by atoms with Gasteiger partial charge in [0, 0.05) is 49.4 Å². The largest absolute Gasteiger partial charge is 0.364 e. The van der Waals surface area contributed by atoms with Crippen LogP contribution >= 0.6 is 0 Å². The second-order valence-electron chi connectivity index (χ2n) is 7.29. The Morgan fingerprint density at radius 2 is 1.91 bits per heavy atom. The Labute approximate surface area is 182 Å². The Morgan fingerprint density at radius 1 is 1.00 bits per heavy atom. The molecule has 5 aromatic rings. The molecular formula is C23H18FN7O. The van der Waals surface area contributed by atoms with Crippen LogP contribution in [0.15, 0.2) is 78.4 Å². The molecule has 158 valence electrons. The van der Waals surface area contributed by atoms with Crippen LogP contribution in [-0.4, -0.2) is 29.1 Å². The highest BCUT2D eigenvalue weighted by Crippen LogP contribution is 2.25. The lowest BCUT2D eigenvalue weighted by atomic mass is 10.1. The van der Waals surface area contributed by atoms with Crippen LogP contribution in [0.25, 0.3) is 28.0 Å². The summed E-state index contributed by atoms with van der Waals surface area (Å²) in [5.74, 6) is 0.247. The van der Waals surface area contributed by atoms with E-state index in [2.05, 4.69) is 25.4 Å². The van der Waals surface area contributed by atoms with E-state index >= 15 is 0 Å². The van der Waals surface area contributed by atoms with E-state index < -0.39 is 5.82 Å². The normalized spacial score (nSPS) is 11.1. The minimum Gasteiger partial charge on any atom is -0.364 e. The number of fused-ring (bicyclic) bond motifs is 1. The zero-order chi connectivity index (χ0) is 22.1. The SMILES string of the molecule is Cn1cc(-c2ccc(CNc3ncnn4c(-c5cncc(F)c5)ccc34)cn2)ccc1=O. The van der Waals surface area contributed by atoms with Gasteiger partial charge in [-0.25, -0.2) is 13.9 Å². The van der Waals surface area contributed by atoms with Crippen molar-refractivity contribution in [3.05, 3.63) is 95.3 Å². The molecule has 32 heavy (non-hydrogen) atoms. The molecule has 0 unspecified atom stereocenters. The van der Waals surface area contributed by atoms with Gasteiger partial charge in [0.1, 0.15) is 17.7 Å². The van der Waals surface area contributed by atoms with Crippen molar-refractivity contribution >= 4 is 11.3 Å². The van der Waals surface area contributed by atoms with Gasteiger partial charge in [0.2, 0.25) is 5.56 Å². The van der Waals surface area contributed by atoms with E-state index in [1.54, 1.807) is 36.2 Å². The molecule has 5 rings (SSSR count). The maximum Gasteiger partial charge on any atom is 0.250 e. The number of halogens is 1. The molecule has 8 nitrogen and oxygen atoms in total. The standard InChI is InChI=1S/C23H18FN7O/c1-30-13-16(3-7-22(30)32)19-4-2-15(9-26-19)10-27-23-21-6-5-20(31(21)29-14-28-23)17-8-18(24)12-25-11-17/h2-9,11-14H,10H2,1H3,(H,27,28,29). The lowest BCUT2D eigenvalue weighted by Crippen LogP contribution is -2.14. The van der Waals surface area contributed by atoms with Crippen molar-refractivity contribution in [2.75, 3.05) is 5.32 Å². The minimum atomic E-state index is -0.404. The van der Waals surface area contributed by atoms with Gasteiger partial charge in [-0.3, -0.25) is 14.8 Å². The van der Waals surface area contributed by atoms with Crippen molar-refractivity contribution in [1.29, 1.82) is 0 Å². The third kappa shape index (κ3) is 3.71. The molecule has 0 spiro atoms. The number of aryl methyl sites for hydroxylation is 1. The average Bonchev–Trinajstić information content (AvgIpc) is 3.25. The molecule has 0 aliphatic rings. The van der Waals surface area contributed by atoms with Crippen LogP contribution in [0, 0.1) is 5.82 Å². The second-order valence-corrected chi connectivity index (χ2v) is 7.29. The Morgan fingerprint density at radius 3 is 2.69 bits per heavy atom. The van der Waals surface area contributed by atoms with Crippen molar-refractivity contribution in [1.82, 2.24) is 29.1 Å². The Balaban J connectivity index is 1.36. The van der Waals surface area contributed by atoms with Crippen molar-refractivity contribution in [2.45, 2.75) is 6.54 Å². The van der Waals surface area contributed by atoms with E-state index in [-0.39, 0.29) is 5.56 Å². The number of hydrogen-bond donors (Lipinski definition) is 1. The van der Waals surface area contributed by atoms with Gasteiger partial charge in [-0.1, -0.05) is 6.07 Å². The van der Waals surface area contributed by atoms with Crippen molar-refractivity contribution in [2.24, 2.45) is 7.05 Å². The molecule has 0 radical (unpaired) electrons. The fraction of sp³-hybridized carbons (Fsp3) is 0.0870. The highest BCUT2D eigenvalue weighted by atomic mass is 19.1. The molecule has 0 aromatic carbocycles. The van der Waals surface area contributed by atoms with Gasteiger partial charge in [0.25, 0.3) is 0 Å². The van der Waals surface area contributed by atoms with E-state index in [4.69, 9.17) is 0 Å². The number of aromatic nitrogens is 6. The van der Waals surface area contributed by atoms with Gasteiger partial charge in [-0.15, -0.1) is 0 Å². The molecule has 5 heterocycles. The Hall–Kier alpha value is -4.40. The summed E-state index contributed by atoms with van der Waals surface area (Å²) in [4.78, 5) is 24.3. The van der Waals surface area contributed by atoms with E-state index in [1.165, 1.54) is 29.2 Å². The molecular weight excluding hydrogens is 409 g/mol. The maximum atomic E-state index is 13.6. The molecule has 5 aromatic heterocycles. The molecule has 0 aliphatic heterocycles. The minimum absolute atomic E-state index is 0.0621. The Bertz CT molecular complexity index is 1470.